The summed E-state index contributed by atoms with van der Waals surface area (Å²) in [6, 6.07) is 8.34. The number of nitrogens with zero attached hydrogens (tertiary/aromatic N) is 2. The van der Waals surface area contributed by atoms with E-state index >= 15 is 0 Å². The molecule has 3 aromatic rings. The predicted molar refractivity (Wildman–Crippen MR) is 90.4 cm³/mol. The minimum atomic E-state index is -1.03. The van der Waals surface area contributed by atoms with Gasteiger partial charge in [-0.05, 0) is 24.3 Å². The van der Waals surface area contributed by atoms with Gasteiger partial charge in [-0.25, -0.2) is 8.78 Å². The third-order valence-electron chi connectivity index (χ3n) is 3.46. The molecule has 0 spiro atoms. The summed E-state index contributed by atoms with van der Waals surface area (Å²) in [4.78, 5) is 28.4. The zero-order valence-electron chi connectivity index (χ0n) is 13.3. The van der Waals surface area contributed by atoms with Crippen molar-refractivity contribution in [3.63, 3.8) is 0 Å². The minimum Gasteiger partial charge on any atom is -0.345 e. The normalized spacial score (nSPS) is 10.4. The van der Waals surface area contributed by atoms with E-state index in [1.54, 1.807) is 24.4 Å². The van der Waals surface area contributed by atoms with E-state index in [-0.39, 0.29) is 19.4 Å². The lowest BCUT2D eigenvalue weighted by atomic mass is 10.2. The van der Waals surface area contributed by atoms with Gasteiger partial charge in [0.25, 0.3) is 11.8 Å². The van der Waals surface area contributed by atoms with Crippen molar-refractivity contribution in [1.82, 2.24) is 20.5 Å². The number of rotatable bonds is 5. The van der Waals surface area contributed by atoms with Crippen LogP contribution in [0.2, 0.25) is 0 Å². The van der Waals surface area contributed by atoms with E-state index in [1.807, 2.05) is 0 Å². The van der Waals surface area contributed by atoms with Crippen LogP contribution in [0.4, 0.5) is 14.5 Å². The Balaban J connectivity index is 0.00000261. The summed E-state index contributed by atoms with van der Waals surface area (Å²) in [5.41, 5.74) is -0.157. The van der Waals surface area contributed by atoms with E-state index in [1.165, 1.54) is 6.20 Å². The number of anilines is 1. The molecule has 2 amide bonds. The Morgan fingerprint density at radius 3 is 2.54 bits per heavy atom. The molecule has 9 heteroatoms. The van der Waals surface area contributed by atoms with Crippen LogP contribution in [0.1, 0.15) is 28.0 Å². The Morgan fingerprint density at radius 2 is 1.85 bits per heavy atom. The maximum atomic E-state index is 13.7. The third kappa shape index (κ3) is 3.72. The van der Waals surface area contributed by atoms with Gasteiger partial charge in [0, 0.05) is 7.62 Å². The largest absolute Gasteiger partial charge is 0.345 e. The van der Waals surface area contributed by atoms with Crippen LogP contribution in [0.25, 0.3) is 0 Å². The third-order valence-corrected chi connectivity index (χ3v) is 3.46. The number of aromatic amines is 1. The molecule has 0 saturated carbocycles. The zero-order valence-corrected chi connectivity index (χ0v) is 13.3. The van der Waals surface area contributed by atoms with Crippen LogP contribution in [0.3, 0.4) is 0 Å². The highest BCUT2D eigenvalue weighted by molar-refractivity contribution is 6.08. The summed E-state index contributed by atoms with van der Waals surface area (Å²) in [5, 5.41) is 11.0. The van der Waals surface area contributed by atoms with Gasteiger partial charge >= 0.3 is 0 Å². The molecule has 2 aromatic heterocycles. The SMILES string of the molecule is O=C(NCc1ccccn1)c1[nH]ncc1NC(=O)c1c(F)cccc1F.[HH]. The first-order valence-corrected chi connectivity index (χ1v) is 7.53. The van der Waals surface area contributed by atoms with E-state index < -0.39 is 29.0 Å². The van der Waals surface area contributed by atoms with Crippen LogP contribution in [0, 0.1) is 11.6 Å². The summed E-state index contributed by atoms with van der Waals surface area (Å²) in [6.45, 7) is 0.161. The quantitative estimate of drug-likeness (QED) is 0.652. The van der Waals surface area contributed by atoms with Crippen LogP contribution in [-0.2, 0) is 6.54 Å². The van der Waals surface area contributed by atoms with Gasteiger partial charge in [0.1, 0.15) is 22.9 Å². The van der Waals surface area contributed by atoms with E-state index in [4.69, 9.17) is 0 Å². The highest BCUT2D eigenvalue weighted by Gasteiger charge is 2.21. The number of hydrogen-bond donors (Lipinski definition) is 3. The molecule has 3 N–H and O–H groups in total. The number of benzene rings is 1. The number of pyridine rings is 1. The summed E-state index contributed by atoms with van der Waals surface area (Å²) < 4.78 is 27.4. The second-order valence-electron chi connectivity index (χ2n) is 5.21. The summed E-state index contributed by atoms with van der Waals surface area (Å²) in [6.07, 6.45) is 2.76. The maximum Gasteiger partial charge on any atom is 0.271 e. The van der Waals surface area contributed by atoms with Gasteiger partial charge in [0.15, 0.2) is 0 Å². The molecule has 0 fully saturated rings. The number of nitrogens with one attached hydrogen (secondary N) is 3. The Bertz CT molecular complexity index is 929. The standard InChI is InChI=1S/C17H13F2N5O2.H2/c18-11-5-3-6-12(19)14(11)16(25)23-13-9-22-24-15(13)17(26)21-8-10-4-1-2-7-20-10;/h1-7,9H,8H2,(H,21,26)(H,22,24)(H,23,25);1H. The van der Waals surface area contributed by atoms with Gasteiger partial charge in [-0.15, -0.1) is 0 Å². The van der Waals surface area contributed by atoms with Gasteiger partial charge in [-0.1, -0.05) is 12.1 Å². The van der Waals surface area contributed by atoms with Crippen molar-refractivity contribution < 1.29 is 19.8 Å². The number of halogens is 2. The van der Waals surface area contributed by atoms with Crippen molar-refractivity contribution in [2.75, 3.05) is 5.32 Å². The van der Waals surface area contributed by atoms with Crippen LogP contribution >= 0.6 is 0 Å². The van der Waals surface area contributed by atoms with Gasteiger partial charge in [-0.3, -0.25) is 19.7 Å². The van der Waals surface area contributed by atoms with Crippen molar-refractivity contribution >= 4 is 17.5 Å². The lowest BCUT2D eigenvalue weighted by Gasteiger charge is -2.08. The number of hydrogen-bond acceptors (Lipinski definition) is 4. The fourth-order valence-corrected chi connectivity index (χ4v) is 2.22. The molecule has 134 valence electrons. The molecule has 7 nitrogen and oxygen atoms in total. The van der Waals surface area contributed by atoms with Gasteiger partial charge in [0.05, 0.1) is 24.1 Å². The molecule has 3 rings (SSSR count). The first kappa shape index (κ1) is 17.2. The molecular weight excluding hydrogens is 344 g/mol. The Labute approximate surface area is 147 Å². The maximum absolute atomic E-state index is 13.7. The fraction of sp³-hybridized carbons (Fsp3) is 0.0588. The van der Waals surface area contributed by atoms with Crippen molar-refractivity contribution in [2.24, 2.45) is 0 Å². The fourth-order valence-electron chi connectivity index (χ4n) is 2.22. The van der Waals surface area contributed by atoms with Crippen molar-refractivity contribution in [2.45, 2.75) is 6.54 Å². The molecule has 0 aliphatic carbocycles. The number of amides is 2. The monoisotopic (exact) mass is 359 g/mol. The highest BCUT2D eigenvalue weighted by atomic mass is 19.1. The average Bonchev–Trinajstić information content (AvgIpc) is 3.08. The summed E-state index contributed by atoms with van der Waals surface area (Å²) in [5.74, 6) is -3.60. The zero-order chi connectivity index (χ0) is 18.5. The second kappa shape index (κ2) is 7.51. The second-order valence-corrected chi connectivity index (χ2v) is 5.21. The smallest absolute Gasteiger partial charge is 0.271 e. The lowest BCUT2D eigenvalue weighted by molar-refractivity contribution is 0.0946. The minimum absolute atomic E-state index is 0. The number of aromatic nitrogens is 3. The number of H-pyrrole nitrogens is 1. The summed E-state index contributed by atoms with van der Waals surface area (Å²) in [7, 11) is 0. The Hall–Kier alpha value is -3.62. The van der Waals surface area contributed by atoms with E-state index in [0.717, 1.165) is 18.2 Å². The van der Waals surface area contributed by atoms with Crippen molar-refractivity contribution in [3.8, 4) is 0 Å². The highest BCUT2D eigenvalue weighted by Crippen LogP contribution is 2.17. The van der Waals surface area contributed by atoms with Crippen LogP contribution in [0.15, 0.2) is 48.8 Å². The van der Waals surface area contributed by atoms with E-state index in [0.29, 0.717) is 5.69 Å². The van der Waals surface area contributed by atoms with Crippen molar-refractivity contribution in [3.05, 3.63) is 77.4 Å². The van der Waals surface area contributed by atoms with E-state index in [9.17, 15) is 18.4 Å². The molecule has 0 unspecified atom stereocenters. The van der Waals surface area contributed by atoms with Gasteiger partial charge in [-0.2, -0.15) is 5.10 Å². The first-order chi connectivity index (χ1) is 12.6. The Morgan fingerprint density at radius 1 is 1.08 bits per heavy atom. The molecule has 0 aliphatic heterocycles. The predicted octanol–water partition coefficient (Wildman–Crippen LogP) is 2.51. The summed E-state index contributed by atoms with van der Waals surface area (Å²) >= 11 is 0. The van der Waals surface area contributed by atoms with Crippen LogP contribution in [-0.4, -0.2) is 27.0 Å². The molecular formula is C17H15F2N5O2. The molecule has 0 aliphatic rings. The molecule has 0 atom stereocenters. The van der Waals surface area contributed by atoms with Crippen molar-refractivity contribution in [1.29, 1.82) is 0 Å². The average molecular weight is 359 g/mol. The van der Waals surface area contributed by atoms with Crippen LogP contribution in [0.5, 0.6) is 0 Å². The number of carbonyl (C=O) groups is 2. The first-order valence-electron chi connectivity index (χ1n) is 7.53. The lowest BCUT2D eigenvalue weighted by Crippen LogP contribution is -2.25. The Kier molecular flexibility index (Phi) is 4.97. The van der Waals surface area contributed by atoms with Crippen LogP contribution < -0.4 is 10.6 Å². The van der Waals surface area contributed by atoms with Gasteiger partial charge < -0.3 is 10.6 Å². The molecule has 0 radical (unpaired) electrons. The molecule has 1 aromatic carbocycles. The van der Waals surface area contributed by atoms with E-state index in [2.05, 4.69) is 25.8 Å². The van der Waals surface area contributed by atoms with Gasteiger partial charge in [0.2, 0.25) is 0 Å². The molecule has 0 saturated heterocycles. The topological polar surface area (TPSA) is 99.8 Å². The molecule has 0 bridgehead atoms. The molecule has 26 heavy (non-hydrogen) atoms. The molecule has 2 heterocycles. The number of carbonyl (C=O) groups excluding carboxylic acids is 2.